The van der Waals surface area contributed by atoms with Crippen LogP contribution in [-0.4, -0.2) is 30.9 Å². The molecule has 0 radical (unpaired) electrons. The average Bonchev–Trinajstić information content (AvgIpc) is 1.95. The molecule has 0 saturated heterocycles. The molecule has 0 N–H and O–H groups in total. The Hall–Kier alpha value is -0.110. The third-order valence-corrected chi connectivity index (χ3v) is 2.27. The highest BCUT2D eigenvalue weighted by Gasteiger charge is 2.18. The summed E-state index contributed by atoms with van der Waals surface area (Å²) in [6.45, 7) is 8.60. The minimum absolute atomic E-state index is 0.219. The fourth-order valence-corrected chi connectivity index (χ4v) is 0.924. The predicted molar refractivity (Wildman–Crippen MR) is 37.9 cm³/mol. The summed E-state index contributed by atoms with van der Waals surface area (Å²) in [7, 11) is 0. The fourth-order valence-electron chi connectivity index (χ4n) is 0.924. The first-order chi connectivity index (χ1) is 4.24. The van der Waals surface area contributed by atoms with Gasteiger partial charge in [-0.3, -0.25) is 4.48 Å². The molecule has 0 spiro atoms. The molecular weight excluding hydrogens is 117 g/mol. The van der Waals surface area contributed by atoms with E-state index in [1.165, 1.54) is 0 Å². The van der Waals surface area contributed by atoms with Gasteiger partial charge in [-0.1, -0.05) is 0 Å². The van der Waals surface area contributed by atoms with Crippen LogP contribution in [0, 0.1) is 0 Å². The van der Waals surface area contributed by atoms with Crippen molar-refractivity contribution in [1.82, 2.24) is 0 Å². The molecule has 0 aliphatic heterocycles. The van der Waals surface area contributed by atoms with E-state index in [0.29, 0.717) is 4.48 Å². The van der Waals surface area contributed by atoms with Crippen molar-refractivity contribution in [3.63, 3.8) is 0 Å². The van der Waals surface area contributed by atoms with E-state index >= 15 is 0 Å². The first kappa shape index (κ1) is 8.89. The first-order valence-electron chi connectivity index (χ1n) is 3.65. The summed E-state index contributed by atoms with van der Waals surface area (Å²) in [5.74, 6) is 0. The Balaban J connectivity index is 3.82. The van der Waals surface area contributed by atoms with Gasteiger partial charge < -0.3 is 0 Å². The largest absolute Gasteiger partial charge is 0.298 e. The van der Waals surface area contributed by atoms with Crippen LogP contribution in [0.5, 0.6) is 0 Å². The smallest absolute Gasteiger partial charge is 0.222 e. The number of halogens is 1. The third kappa shape index (κ3) is 1.94. The fraction of sp³-hybridized carbons (Fsp3) is 1.00. The molecule has 9 heavy (non-hydrogen) atoms. The number of nitrogens with zero attached hydrogens (tertiary/aromatic N) is 1. The third-order valence-electron chi connectivity index (χ3n) is 2.27. The van der Waals surface area contributed by atoms with E-state index in [1.54, 1.807) is 0 Å². The van der Waals surface area contributed by atoms with Crippen molar-refractivity contribution in [2.24, 2.45) is 0 Å². The Morgan fingerprint density at radius 3 is 1.33 bits per heavy atom. The van der Waals surface area contributed by atoms with Crippen molar-refractivity contribution < 1.29 is 8.87 Å². The van der Waals surface area contributed by atoms with Crippen LogP contribution in [0.4, 0.5) is 4.39 Å². The van der Waals surface area contributed by atoms with E-state index in [4.69, 9.17) is 0 Å². The Morgan fingerprint density at radius 1 is 1.00 bits per heavy atom. The minimum Gasteiger partial charge on any atom is -0.298 e. The molecule has 2 heteroatoms. The highest BCUT2D eigenvalue weighted by atomic mass is 19.1. The zero-order valence-corrected chi connectivity index (χ0v) is 6.65. The molecule has 0 unspecified atom stereocenters. The molecule has 56 valence electrons. The van der Waals surface area contributed by atoms with Crippen LogP contribution < -0.4 is 0 Å². The lowest BCUT2D eigenvalue weighted by Crippen LogP contribution is -2.46. The molecule has 0 saturated carbocycles. The quantitative estimate of drug-likeness (QED) is 0.406. The summed E-state index contributed by atoms with van der Waals surface area (Å²) in [5.41, 5.74) is 0. The van der Waals surface area contributed by atoms with E-state index in [1.807, 2.05) is 20.8 Å². The molecule has 1 nitrogen and oxygen atoms in total. The molecular formula is C7H17FN+. The van der Waals surface area contributed by atoms with Gasteiger partial charge in [0.1, 0.15) is 0 Å². The topological polar surface area (TPSA) is 0 Å². The second kappa shape index (κ2) is 3.83. The molecule has 0 atom stereocenters. The van der Waals surface area contributed by atoms with Gasteiger partial charge in [0.25, 0.3) is 0 Å². The van der Waals surface area contributed by atoms with Crippen LogP contribution in [0.1, 0.15) is 20.8 Å². The summed E-state index contributed by atoms with van der Waals surface area (Å²) in [5, 5.41) is 0. The molecule has 0 amide bonds. The van der Waals surface area contributed by atoms with Crippen molar-refractivity contribution in [2.45, 2.75) is 20.8 Å². The van der Waals surface area contributed by atoms with Gasteiger partial charge in [-0.2, -0.15) is 4.39 Å². The summed E-state index contributed by atoms with van der Waals surface area (Å²) >= 11 is 0. The number of hydrogen-bond acceptors (Lipinski definition) is 0. The molecule has 0 aromatic heterocycles. The van der Waals surface area contributed by atoms with Crippen molar-refractivity contribution in [3.8, 4) is 0 Å². The molecule has 0 rings (SSSR count). The van der Waals surface area contributed by atoms with Crippen LogP contribution in [0.15, 0.2) is 0 Å². The predicted octanol–water partition coefficient (Wildman–Crippen LogP) is 1.79. The van der Waals surface area contributed by atoms with Crippen LogP contribution in [-0.2, 0) is 0 Å². The van der Waals surface area contributed by atoms with Crippen LogP contribution in [0.25, 0.3) is 0 Å². The monoisotopic (exact) mass is 134 g/mol. The Labute approximate surface area is 57.1 Å². The molecule has 0 bridgehead atoms. The maximum absolute atomic E-state index is 12.3. The average molecular weight is 134 g/mol. The second-order valence-electron chi connectivity index (χ2n) is 2.41. The highest BCUT2D eigenvalue weighted by molar-refractivity contribution is 4.27. The SMILES string of the molecule is CC[N+](CC)(CC)CF. The Kier molecular flexibility index (Phi) is 3.78. The molecule has 0 fully saturated rings. The van der Waals surface area contributed by atoms with Gasteiger partial charge in [-0.25, -0.2) is 0 Å². The summed E-state index contributed by atoms with van der Waals surface area (Å²) in [4.78, 5) is 0. The Bertz CT molecular complexity index is 51.8. The van der Waals surface area contributed by atoms with E-state index in [-0.39, 0.29) is 6.80 Å². The maximum atomic E-state index is 12.3. The van der Waals surface area contributed by atoms with Gasteiger partial charge in [-0.15, -0.1) is 0 Å². The number of rotatable bonds is 4. The zero-order chi connectivity index (χ0) is 7.33. The Morgan fingerprint density at radius 2 is 1.33 bits per heavy atom. The second-order valence-corrected chi connectivity index (χ2v) is 2.41. The number of hydrogen-bond donors (Lipinski definition) is 0. The van der Waals surface area contributed by atoms with Crippen molar-refractivity contribution >= 4 is 0 Å². The highest BCUT2D eigenvalue weighted by Crippen LogP contribution is 2.04. The maximum Gasteiger partial charge on any atom is 0.222 e. The minimum atomic E-state index is -0.219. The molecule has 0 aliphatic rings. The van der Waals surface area contributed by atoms with Crippen LogP contribution in [0.3, 0.4) is 0 Å². The molecule has 0 aromatic rings. The van der Waals surface area contributed by atoms with Gasteiger partial charge in [0.05, 0.1) is 19.6 Å². The molecule has 0 aromatic carbocycles. The van der Waals surface area contributed by atoms with E-state index in [9.17, 15) is 4.39 Å². The lowest BCUT2D eigenvalue weighted by atomic mass is 10.4. The van der Waals surface area contributed by atoms with Crippen LogP contribution >= 0.6 is 0 Å². The lowest BCUT2D eigenvalue weighted by Gasteiger charge is -2.31. The van der Waals surface area contributed by atoms with Gasteiger partial charge in [0, 0.05) is 0 Å². The standard InChI is InChI=1S/C7H17FN/c1-4-9(5-2,6-3)7-8/h4-7H2,1-3H3/q+1. The summed E-state index contributed by atoms with van der Waals surface area (Å²) in [6, 6.07) is 0. The van der Waals surface area contributed by atoms with E-state index < -0.39 is 0 Å². The van der Waals surface area contributed by atoms with E-state index in [0.717, 1.165) is 19.6 Å². The van der Waals surface area contributed by atoms with Gasteiger partial charge in [0.15, 0.2) is 0 Å². The zero-order valence-electron chi connectivity index (χ0n) is 6.65. The van der Waals surface area contributed by atoms with Gasteiger partial charge in [0.2, 0.25) is 6.80 Å². The van der Waals surface area contributed by atoms with Gasteiger partial charge >= 0.3 is 0 Å². The van der Waals surface area contributed by atoms with E-state index in [2.05, 4.69) is 0 Å². The number of alkyl halides is 1. The normalized spacial score (nSPS) is 12.0. The lowest BCUT2D eigenvalue weighted by molar-refractivity contribution is -0.934. The van der Waals surface area contributed by atoms with Crippen LogP contribution in [0.2, 0.25) is 0 Å². The van der Waals surface area contributed by atoms with Crippen molar-refractivity contribution in [3.05, 3.63) is 0 Å². The van der Waals surface area contributed by atoms with Crippen molar-refractivity contribution in [2.75, 3.05) is 26.4 Å². The van der Waals surface area contributed by atoms with Crippen molar-refractivity contribution in [1.29, 1.82) is 0 Å². The number of quaternary nitrogens is 1. The molecule has 0 heterocycles. The molecule has 0 aliphatic carbocycles. The summed E-state index contributed by atoms with van der Waals surface area (Å²) < 4.78 is 12.9. The summed E-state index contributed by atoms with van der Waals surface area (Å²) in [6.07, 6.45) is 0. The first-order valence-corrected chi connectivity index (χ1v) is 3.65. The van der Waals surface area contributed by atoms with Gasteiger partial charge in [-0.05, 0) is 20.8 Å².